The summed E-state index contributed by atoms with van der Waals surface area (Å²) in [6.07, 6.45) is 2.86. The number of amides is 2. The number of fused-ring (bicyclic) bond motifs is 1. The summed E-state index contributed by atoms with van der Waals surface area (Å²) in [6.45, 7) is 4.72. The molecule has 2 aromatic rings. The summed E-state index contributed by atoms with van der Waals surface area (Å²) >= 11 is 6.06. The lowest BCUT2D eigenvalue weighted by Gasteiger charge is -2.26. The fourth-order valence-electron chi connectivity index (χ4n) is 3.93. The van der Waals surface area contributed by atoms with Gasteiger partial charge in [-0.2, -0.15) is 0 Å². The van der Waals surface area contributed by atoms with Crippen LogP contribution in [0.15, 0.2) is 42.5 Å². The number of hydrogen-bond donors (Lipinski definition) is 2. The van der Waals surface area contributed by atoms with Gasteiger partial charge in [0.05, 0.1) is 19.3 Å². The number of nitrogens with one attached hydrogen (secondary N) is 2. The quantitative estimate of drug-likeness (QED) is 0.798. The van der Waals surface area contributed by atoms with E-state index >= 15 is 0 Å². The van der Waals surface area contributed by atoms with Crippen LogP contribution in [0.3, 0.4) is 0 Å². The second kappa shape index (κ2) is 8.95. The molecule has 1 heterocycles. The Hall–Kier alpha value is -2.08. The van der Waals surface area contributed by atoms with E-state index in [0.717, 1.165) is 68.4 Å². The van der Waals surface area contributed by atoms with Gasteiger partial charge >= 0.3 is 6.03 Å². The highest BCUT2D eigenvalue weighted by Crippen LogP contribution is 2.32. The van der Waals surface area contributed by atoms with Gasteiger partial charge in [0.2, 0.25) is 0 Å². The third-order valence-corrected chi connectivity index (χ3v) is 5.76. The van der Waals surface area contributed by atoms with Crippen LogP contribution < -0.4 is 10.6 Å². The standard InChI is InChI=1S/C22H26ClN3O2/c23-18-4-7-20-17(15-18)3-8-21(20)25-22(27)24-19-5-1-16(2-6-19)9-10-26-11-13-28-14-12-26/h1-2,4-7,15,21H,3,8-14H2,(H2,24,25,27). The molecule has 2 N–H and O–H groups in total. The Kier molecular flexibility index (Phi) is 6.15. The van der Waals surface area contributed by atoms with E-state index in [1.807, 2.05) is 30.3 Å². The molecule has 0 bridgehead atoms. The van der Waals surface area contributed by atoms with E-state index in [-0.39, 0.29) is 12.1 Å². The average Bonchev–Trinajstić information content (AvgIpc) is 3.10. The maximum Gasteiger partial charge on any atom is 0.319 e. The highest BCUT2D eigenvalue weighted by atomic mass is 35.5. The van der Waals surface area contributed by atoms with Crippen LogP contribution in [0.2, 0.25) is 5.02 Å². The van der Waals surface area contributed by atoms with Crippen LogP contribution in [0.25, 0.3) is 0 Å². The number of nitrogens with zero attached hydrogens (tertiary/aromatic N) is 1. The van der Waals surface area contributed by atoms with Crippen LogP contribution in [0.4, 0.5) is 10.5 Å². The Morgan fingerprint density at radius 3 is 2.71 bits per heavy atom. The number of hydrogen-bond acceptors (Lipinski definition) is 3. The highest BCUT2D eigenvalue weighted by Gasteiger charge is 2.24. The van der Waals surface area contributed by atoms with Gasteiger partial charge in [-0.3, -0.25) is 4.90 Å². The van der Waals surface area contributed by atoms with Crippen LogP contribution in [0, 0.1) is 0 Å². The van der Waals surface area contributed by atoms with Gasteiger partial charge in [-0.15, -0.1) is 0 Å². The van der Waals surface area contributed by atoms with Crippen molar-refractivity contribution < 1.29 is 9.53 Å². The first kappa shape index (κ1) is 19.2. The van der Waals surface area contributed by atoms with Crippen molar-refractivity contribution in [3.8, 4) is 0 Å². The van der Waals surface area contributed by atoms with Crippen LogP contribution >= 0.6 is 11.6 Å². The predicted molar refractivity (Wildman–Crippen MR) is 112 cm³/mol. The number of halogens is 1. The van der Waals surface area contributed by atoms with Gasteiger partial charge in [0.25, 0.3) is 0 Å². The zero-order chi connectivity index (χ0) is 19.3. The Bertz CT molecular complexity index is 819. The number of urea groups is 1. The molecule has 1 atom stereocenters. The summed E-state index contributed by atoms with van der Waals surface area (Å²) < 4.78 is 5.38. The fourth-order valence-corrected chi connectivity index (χ4v) is 4.12. The van der Waals surface area contributed by atoms with E-state index in [4.69, 9.17) is 16.3 Å². The highest BCUT2D eigenvalue weighted by molar-refractivity contribution is 6.30. The summed E-state index contributed by atoms with van der Waals surface area (Å²) in [4.78, 5) is 14.8. The first-order valence-electron chi connectivity index (χ1n) is 9.92. The molecule has 0 radical (unpaired) electrons. The Morgan fingerprint density at radius 1 is 1.14 bits per heavy atom. The monoisotopic (exact) mass is 399 g/mol. The number of carbonyl (C=O) groups is 1. The third kappa shape index (κ3) is 4.85. The molecule has 0 aromatic heterocycles. The van der Waals surface area contributed by atoms with Gasteiger partial charge in [0.1, 0.15) is 0 Å². The van der Waals surface area contributed by atoms with E-state index in [0.29, 0.717) is 0 Å². The minimum absolute atomic E-state index is 0.0417. The van der Waals surface area contributed by atoms with E-state index in [9.17, 15) is 4.79 Å². The molecule has 1 aliphatic carbocycles. The number of anilines is 1. The lowest BCUT2D eigenvalue weighted by Crippen LogP contribution is -2.37. The van der Waals surface area contributed by atoms with Crippen molar-refractivity contribution in [3.63, 3.8) is 0 Å². The van der Waals surface area contributed by atoms with Gasteiger partial charge < -0.3 is 15.4 Å². The summed E-state index contributed by atoms with van der Waals surface area (Å²) in [5.41, 5.74) is 4.47. The average molecular weight is 400 g/mol. The summed E-state index contributed by atoms with van der Waals surface area (Å²) in [6, 6.07) is 13.9. The van der Waals surface area contributed by atoms with Crippen LogP contribution in [0.5, 0.6) is 0 Å². The number of carbonyl (C=O) groups excluding carboxylic acids is 1. The van der Waals surface area contributed by atoms with E-state index in [1.54, 1.807) is 0 Å². The first-order valence-corrected chi connectivity index (χ1v) is 10.3. The van der Waals surface area contributed by atoms with Crippen LogP contribution in [-0.2, 0) is 17.6 Å². The zero-order valence-electron chi connectivity index (χ0n) is 15.9. The molecule has 2 aromatic carbocycles. The van der Waals surface area contributed by atoms with Crippen molar-refractivity contribution in [3.05, 3.63) is 64.2 Å². The second-order valence-corrected chi connectivity index (χ2v) is 7.87. The Labute approximate surface area is 171 Å². The third-order valence-electron chi connectivity index (χ3n) is 5.52. The number of morpholine rings is 1. The zero-order valence-corrected chi connectivity index (χ0v) is 16.7. The fraction of sp³-hybridized carbons (Fsp3) is 0.409. The van der Waals surface area contributed by atoms with Gasteiger partial charge in [0, 0.05) is 30.3 Å². The largest absolute Gasteiger partial charge is 0.379 e. The van der Waals surface area contributed by atoms with Crippen molar-refractivity contribution in [2.75, 3.05) is 38.2 Å². The van der Waals surface area contributed by atoms with Crippen LogP contribution in [-0.4, -0.2) is 43.8 Å². The molecule has 1 aliphatic heterocycles. The number of aryl methyl sites for hydroxylation is 1. The summed E-state index contributed by atoms with van der Waals surface area (Å²) in [5.74, 6) is 0. The first-order chi connectivity index (χ1) is 13.7. The van der Waals surface area contributed by atoms with Crippen molar-refractivity contribution in [1.82, 2.24) is 10.2 Å². The topological polar surface area (TPSA) is 53.6 Å². The van der Waals surface area contributed by atoms with Crippen LogP contribution in [0.1, 0.15) is 29.2 Å². The molecule has 1 saturated heterocycles. The molecular formula is C22H26ClN3O2. The number of rotatable bonds is 5. The molecular weight excluding hydrogens is 374 g/mol. The molecule has 5 nitrogen and oxygen atoms in total. The smallest absolute Gasteiger partial charge is 0.319 e. The van der Waals surface area contributed by atoms with Gasteiger partial charge in [-0.1, -0.05) is 29.8 Å². The molecule has 0 saturated carbocycles. The molecule has 148 valence electrons. The molecule has 2 amide bonds. The van der Waals surface area contributed by atoms with E-state index < -0.39 is 0 Å². The molecule has 2 aliphatic rings. The summed E-state index contributed by atoms with van der Waals surface area (Å²) in [7, 11) is 0. The molecule has 28 heavy (non-hydrogen) atoms. The van der Waals surface area contributed by atoms with Crippen molar-refractivity contribution in [1.29, 1.82) is 0 Å². The second-order valence-electron chi connectivity index (χ2n) is 7.43. The summed E-state index contributed by atoms with van der Waals surface area (Å²) in [5, 5.41) is 6.76. The number of benzene rings is 2. The van der Waals surface area contributed by atoms with E-state index in [1.165, 1.54) is 11.1 Å². The van der Waals surface area contributed by atoms with Crippen molar-refractivity contribution >= 4 is 23.3 Å². The minimum Gasteiger partial charge on any atom is -0.379 e. The Morgan fingerprint density at radius 2 is 1.93 bits per heavy atom. The van der Waals surface area contributed by atoms with E-state index in [2.05, 4.69) is 27.7 Å². The molecule has 0 spiro atoms. The maximum atomic E-state index is 12.4. The molecule has 1 unspecified atom stereocenters. The number of ether oxygens (including phenoxy) is 1. The molecule has 1 fully saturated rings. The predicted octanol–water partition coefficient (Wildman–Crippen LogP) is 4.02. The minimum atomic E-state index is -0.172. The van der Waals surface area contributed by atoms with Gasteiger partial charge in [-0.25, -0.2) is 4.79 Å². The van der Waals surface area contributed by atoms with Crippen molar-refractivity contribution in [2.45, 2.75) is 25.3 Å². The SMILES string of the molecule is O=C(Nc1ccc(CCN2CCOCC2)cc1)NC1CCc2cc(Cl)ccc21. The lowest BCUT2D eigenvalue weighted by molar-refractivity contribution is 0.0384. The normalized spacial score (nSPS) is 19.2. The maximum absolute atomic E-state index is 12.4. The Balaban J connectivity index is 1.27. The molecule has 6 heteroatoms. The lowest BCUT2D eigenvalue weighted by atomic mass is 10.1. The van der Waals surface area contributed by atoms with Gasteiger partial charge in [0.15, 0.2) is 0 Å². The van der Waals surface area contributed by atoms with Gasteiger partial charge in [-0.05, 0) is 60.2 Å². The van der Waals surface area contributed by atoms with Crippen molar-refractivity contribution in [2.24, 2.45) is 0 Å². The molecule has 4 rings (SSSR count).